The van der Waals surface area contributed by atoms with E-state index in [-0.39, 0.29) is 6.04 Å². The van der Waals surface area contributed by atoms with Gasteiger partial charge in [-0.15, -0.1) is 0 Å². The molecule has 0 saturated carbocycles. The molecule has 1 saturated heterocycles. The largest absolute Gasteiger partial charge is 0.458 e. The Bertz CT molecular complexity index is 602. The number of benzene rings is 1. The number of nitrogens with one attached hydrogen (secondary N) is 1. The van der Waals surface area contributed by atoms with E-state index in [0.717, 1.165) is 24.1 Å². The maximum Gasteiger partial charge on any atom is 0.136 e. The molecule has 1 aliphatic heterocycles. The molecule has 1 aromatic carbocycles. The minimum Gasteiger partial charge on any atom is -0.458 e. The number of rotatable bonds is 3. The van der Waals surface area contributed by atoms with E-state index < -0.39 is 5.60 Å². The van der Waals surface area contributed by atoms with Crippen LogP contribution in [-0.4, -0.2) is 30.9 Å². The van der Waals surface area contributed by atoms with Crippen molar-refractivity contribution in [3.8, 4) is 0 Å². The summed E-state index contributed by atoms with van der Waals surface area (Å²) in [6.45, 7) is 3.92. The van der Waals surface area contributed by atoms with E-state index in [0.29, 0.717) is 23.8 Å². The van der Waals surface area contributed by atoms with Gasteiger partial charge in [0.05, 0.1) is 13.2 Å². The van der Waals surface area contributed by atoms with Crippen molar-refractivity contribution in [2.75, 3.05) is 19.8 Å². The number of hydrogen-bond donors (Lipinski definition) is 2. The first-order valence-electron chi connectivity index (χ1n) is 6.78. The maximum atomic E-state index is 10.7. The highest BCUT2D eigenvalue weighted by atomic mass is 35.5. The van der Waals surface area contributed by atoms with Gasteiger partial charge in [-0.1, -0.05) is 11.6 Å². The summed E-state index contributed by atoms with van der Waals surface area (Å²) in [6.07, 6.45) is 0.542. The van der Waals surface area contributed by atoms with Crippen LogP contribution in [0.15, 0.2) is 28.7 Å². The van der Waals surface area contributed by atoms with Crippen molar-refractivity contribution in [1.29, 1.82) is 0 Å². The molecule has 0 bridgehead atoms. The van der Waals surface area contributed by atoms with E-state index in [1.165, 1.54) is 0 Å². The topological polar surface area (TPSA) is 54.6 Å². The van der Waals surface area contributed by atoms with Crippen molar-refractivity contribution >= 4 is 22.6 Å². The number of ether oxygens (including phenoxy) is 1. The average molecular weight is 296 g/mol. The third-order valence-electron chi connectivity index (χ3n) is 3.65. The first-order valence-corrected chi connectivity index (χ1v) is 7.15. The Kier molecular flexibility index (Phi) is 3.73. The van der Waals surface area contributed by atoms with Gasteiger partial charge in [-0.25, -0.2) is 0 Å². The quantitative estimate of drug-likeness (QED) is 0.914. The molecule has 0 aliphatic carbocycles. The van der Waals surface area contributed by atoms with E-state index in [4.69, 9.17) is 20.8 Å². The molecule has 1 fully saturated rings. The van der Waals surface area contributed by atoms with Gasteiger partial charge in [-0.2, -0.15) is 0 Å². The summed E-state index contributed by atoms with van der Waals surface area (Å²) in [7, 11) is 0. The fourth-order valence-corrected chi connectivity index (χ4v) is 2.79. The Balaban J connectivity index is 1.83. The lowest BCUT2D eigenvalue weighted by Gasteiger charge is -2.30. The van der Waals surface area contributed by atoms with E-state index >= 15 is 0 Å². The highest BCUT2D eigenvalue weighted by molar-refractivity contribution is 6.31. The molecule has 2 aromatic rings. The predicted octanol–water partition coefficient (Wildman–Crippen LogP) is 2.67. The molecule has 1 aromatic heterocycles. The van der Waals surface area contributed by atoms with Crippen LogP contribution in [0.3, 0.4) is 0 Å². The minimum atomic E-state index is -1.04. The normalized spacial score (nSPS) is 22.9. The summed E-state index contributed by atoms with van der Waals surface area (Å²) in [5.74, 6) is 0.558. The number of furan rings is 1. The van der Waals surface area contributed by atoms with Gasteiger partial charge in [-0.3, -0.25) is 0 Å². The second-order valence-electron chi connectivity index (χ2n) is 5.50. The van der Waals surface area contributed by atoms with Crippen LogP contribution in [0.5, 0.6) is 0 Å². The summed E-state index contributed by atoms with van der Waals surface area (Å²) >= 11 is 5.97. The van der Waals surface area contributed by atoms with Crippen molar-refractivity contribution in [1.82, 2.24) is 5.32 Å². The van der Waals surface area contributed by atoms with Gasteiger partial charge in [0.1, 0.15) is 16.9 Å². The van der Waals surface area contributed by atoms with Gasteiger partial charge < -0.3 is 19.6 Å². The summed E-state index contributed by atoms with van der Waals surface area (Å²) in [4.78, 5) is 0. The summed E-state index contributed by atoms with van der Waals surface area (Å²) < 4.78 is 11.2. The predicted molar refractivity (Wildman–Crippen MR) is 78.0 cm³/mol. The molecule has 0 amide bonds. The lowest BCUT2D eigenvalue weighted by molar-refractivity contribution is -0.00957. The Morgan fingerprint density at radius 3 is 3.05 bits per heavy atom. The van der Waals surface area contributed by atoms with Crippen LogP contribution in [-0.2, 0) is 10.3 Å². The Morgan fingerprint density at radius 2 is 2.30 bits per heavy atom. The van der Waals surface area contributed by atoms with E-state index in [9.17, 15) is 5.11 Å². The van der Waals surface area contributed by atoms with Crippen molar-refractivity contribution < 1.29 is 14.3 Å². The number of fused-ring (bicyclic) bond motifs is 1. The molecule has 2 unspecified atom stereocenters. The van der Waals surface area contributed by atoms with Crippen molar-refractivity contribution in [2.45, 2.75) is 25.0 Å². The zero-order chi connectivity index (χ0) is 14.2. The standard InChI is InChI=1S/C15H18ClNO3/c1-15(18,8-12-9-19-5-4-17-12)14-7-10-6-11(16)2-3-13(10)20-14/h2-3,6-7,12,17-18H,4-5,8-9H2,1H3. The molecule has 2 N–H and O–H groups in total. The molecule has 1 aliphatic rings. The Morgan fingerprint density at radius 1 is 1.45 bits per heavy atom. The molecule has 3 rings (SSSR count). The van der Waals surface area contributed by atoms with Gasteiger partial charge >= 0.3 is 0 Å². The molecule has 4 nitrogen and oxygen atoms in total. The summed E-state index contributed by atoms with van der Waals surface area (Å²) in [5, 5.41) is 15.6. The molecular weight excluding hydrogens is 278 g/mol. The smallest absolute Gasteiger partial charge is 0.136 e. The SMILES string of the molecule is CC(O)(CC1COCCN1)c1cc2cc(Cl)ccc2o1. The highest BCUT2D eigenvalue weighted by Crippen LogP contribution is 2.32. The molecule has 2 atom stereocenters. The molecule has 2 heterocycles. The Hall–Kier alpha value is -1.07. The van der Waals surface area contributed by atoms with Crippen molar-refractivity contribution in [2.24, 2.45) is 0 Å². The summed E-state index contributed by atoms with van der Waals surface area (Å²) in [5.41, 5.74) is -0.304. The average Bonchev–Trinajstić information content (AvgIpc) is 2.83. The molecular formula is C15H18ClNO3. The van der Waals surface area contributed by atoms with Gasteiger partial charge in [0.2, 0.25) is 0 Å². The number of aliphatic hydroxyl groups is 1. The zero-order valence-electron chi connectivity index (χ0n) is 11.4. The van der Waals surface area contributed by atoms with Crippen LogP contribution < -0.4 is 5.32 Å². The lowest BCUT2D eigenvalue weighted by atomic mass is 9.94. The first-order chi connectivity index (χ1) is 9.54. The van der Waals surface area contributed by atoms with Crippen LogP contribution in [0.1, 0.15) is 19.1 Å². The monoisotopic (exact) mass is 295 g/mol. The van der Waals surface area contributed by atoms with Gasteiger partial charge in [0.15, 0.2) is 0 Å². The van der Waals surface area contributed by atoms with E-state index in [1.807, 2.05) is 18.2 Å². The molecule has 0 radical (unpaired) electrons. The van der Waals surface area contributed by atoms with E-state index in [2.05, 4.69) is 5.32 Å². The van der Waals surface area contributed by atoms with Crippen LogP contribution in [0.4, 0.5) is 0 Å². The third-order valence-corrected chi connectivity index (χ3v) is 3.89. The zero-order valence-corrected chi connectivity index (χ0v) is 12.1. The van der Waals surface area contributed by atoms with Gasteiger partial charge in [0, 0.05) is 29.4 Å². The fraction of sp³-hybridized carbons (Fsp3) is 0.467. The number of hydrogen-bond acceptors (Lipinski definition) is 4. The van der Waals surface area contributed by atoms with Gasteiger partial charge in [-0.05, 0) is 31.2 Å². The van der Waals surface area contributed by atoms with Gasteiger partial charge in [0.25, 0.3) is 0 Å². The highest BCUT2D eigenvalue weighted by Gasteiger charge is 2.31. The maximum absolute atomic E-state index is 10.7. The second-order valence-corrected chi connectivity index (χ2v) is 5.93. The van der Waals surface area contributed by atoms with E-state index in [1.54, 1.807) is 13.0 Å². The number of morpholine rings is 1. The van der Waals surface area contributed by atoms with Crippen molar-refractivity contribution in [3.63, 3.8) is 0 Å². The number of halogens is 1. The second kappa shape index (κ2) is 5.37. The van der Waals surface area contributed by atoms with Crippen LogP contribution in [0.2, 0.25) is 5.02 Å². The minimum absolute atomic E-state index is 0.135. The summed E-state index contributed by atoms with van der Waals surface area (Å²) in [6, 6.07) is 7.42. The van der Waals surface area contributed by atoms with Crippen LogP contribution >= 0.6 is 11.6 Å². The molecule has 5 heteroatoms. The van der Waals surface area contributed by atoms with Crippen LogP contribution in [0.25, 0.3) is 11.0 Å². The first kappa shape index (κ1) is 13.9. The van der Waals surface area contributed by atoms with Crippen molar-refractivity contribution in [3.05, 3.63) is 35.0 Å². The fourth-order valence-electron chi connectivity index (χ4n) is 2.61. The lowest BCUT2D eigenvalue weighted by Crippen LogP contribution is -2.45. The molecule has 0 spiro atoms. The Labute approximate surface area is 122 Å². The van der Waals surface area contributed by atoms with Crippen LogP contribution in [0, 0.1) is 0 Å². The third kappa shape index (κ3) is 2.83. The molecule has 20 heavy (non-hydrogen) atoms. The molecule has 108 valence electrons.